The van der Waals surface area contributed by atoms with Gasteiger partial charge in [-0.2, -0.15) is 0 Å². The van der Waals surface area contributed by atoms with Crippen molar-refractivity contribution in [1.82, 2.24) is 4.90 Å². The van der Waals surface area contributed by atoms with Crippen molar-refractivity contribution in [3.63, 3.8) is 0 Å². The maximum absolute atomic E-state index is 12.8. The number of ether oxygens (including phenoxy) is 1. The van der Waals surface area contributed by atoms with E-state index in [2.05, 4.69) is 5.32 Å². The largest absolute Gasteiger partial charge is 0.452 e. The summed E-state index contributed by atoms with van der Waals surface area (Å²) in [5.41, 5.74) is 1.51. The van der Waals surface area contributed by atoms with Gasteiger partial charge in [-0.05, 0) is 51.0 Å². The number of urea groups is 1. The van der Waals surface area contributed by atoms with Crippen LogP contribution in [0.1, 0.15) is 26.7 Å². The highest BCUT2D eigenvalue weighted by Gasteiger charge is 2.31. The summed E-state index contributed by atoms with van der Waals surface area (Å²) in [5.74, 6) is -0.947. The van der Waals surface area contributed by atoms with Gasteiger partial charge in [0.2, 0.25) is 0 Å². The second-order valence-electron chi connectivity index (χ2n) is 7.55. The molecule has 0 aromatic heterocycles. The quantitative estimate of drug-likeness (QED) is 0.715. The van der Waals surface area contributed by atoms with Gasteiger partial charge < -0.3 is 19.9 Å². The van der Waals surface area contributed by atoms with Gasteiger partial charge in [-0.1, -0.05) is 36.4 Å². The molecule has 0 aliphatic carbocycles. The Morgan fingerprint density at radius 1 is 1.03 bits per heavy atom. The number of hydrogen-bond acceptors (Lipinski definition) is 4. The molecular weight excluding hydrogens is 394 g/mol. The Morgan fingerprint density at radius 3 is 2.19 bits per heavy atom. The molecule has 31 heavy (non-hydrogen) atoms. The second kappa shape index (κ2) is 10.6. The van der Waals surface area contributed by atoms with Crippen LogP contribution in [0.2, 0.25) is 0 Å². The molecule has 0 bridgehead atoms. The lowest BCUT2D eigenvalue weighted by molar-refractivity contribution is -0.159. The van der Waals surface area contributed by atoms with Crippen molar-refractivity contribution in [2.24, 2.45) is 5.92 Å². The Kier molecular flexibility index (Phi) is 7.65. The molecule has 164 valence electrons. The van der Waals surface area contributed by atoms with Crippen LogP contribution in [0.15, 0.2) is 60.7 Å². The number of carbonyl (C=O) groups excluding carboxylic acids is 3. The molecule has 1 aliphatic heterocycles. The zero-order valence-electron chi connectivity index (χ0n) is 18.0. The zero-order valence-corrected chi connectivity index (χ0v) is 18.0. The van der Waals surface area contributed by atoms with Crippen LogP contribution in [0.4, 0.5) is 16.2 Å². The number of carbonyl (C=O) groups is 3. The lowest BCUT2D eigenvalue weighted by atomic mass is 9.97. The number of likely N-dealkylation sites (tertiary alicyclic amines) is 1. The fourth-order valence-electron chi connectivity index (χ4n) is 3.66. The third kappa shape index (κ3) is 5.84. The molecule has 1 fully saturated rings. The van der Waals surface area contributed by atoms with Crippen LogP contribution in [0.3, 0.4) is 0 Å². The zero-order chi connectivity index (χ0) is 22.2. The van der Waals surface area contributed by atoms with Crippen LogP contribution in [0, 0.1) is 5.92 Å². The highest BCUT2D eigenvalue weighted by Crippen LogP contribution is 2.21. The maximum Gasteiger partial charge on any atom is 0.321 e. The smallest absolute Gasteiger partial charge is 0.321 e. The Morgan fingerprint density at radius 2 is 1.61 bits per heavy atom. The molecule has 1 saturated heterocycles. The van der Waals surface area contributed by atoms with Crippen LogP contribution in [-0.4, -0.2) is 48.5 Å². The van der Waals surface area contributed by atoms with E-state index in [-0.39, 0.29) is 23.8 Å². The van der Waals surface area contributed by atoms with E-state index in [9.17, 15) is 14.4 Å². The van der Waals surface area contributed by atoms with Crippen molar-refractivity contribution in [2.45, 2.75) is 32.8 Å². The van der Waals surface area contributed by atoms with E-state index in [4.69, 9.17) is 4.74 Å². The summed E-state index contributed by atoms with van der Waals surface area (Å²) >= 11 is 0. The Labute approximate surface area is 183 Å². The molecule has 1 atom stereocenters. The summed E-state index contributed by atoms with van der Waals surface area (Å²) in [6, 6.07) is 18.4. The highest BCUT2D eigenvalue weighted by atomic mass is 16.5. The van der Waals surface area contributed by atoms with Crippen LogP contribution < -0.4 is 10.2 Å². The molecule has 1 aliphatic rings. The van der Waals surface area contributed by atoms with E-state index in [0.717, 1.165) is 11.4 Å². The molecule has 2 aromatic carbocycles. The van der Waals surface area contributed by atoms with Gasteiger partial charge in [-0.3, -0.25) is 9.59 Å². The molecule has 2 aromatic rings. The second-order valence-corrected chi connectivity index (χ2v) is 7.55. The third-order valence-electron chi connectivity index (χ3n) is 5.43. The van der Waals surface area contributed by atoms with Gasteiger partial charge in [-0.15, -0.1) is 0 Å². The van der Waals surface area contributed by atoms with E-state index in [1.54, 1.807) is 16.7 Å². The predicted molar refractivity (Wildman–Crippen MR) is 120 cm³/mol. The Balaban J connectivity index is 1.49. The molecule has 3 rings (SSSR count). The van der Waals surface area contributed by atoms with Gasteiger partial charge in [-0.25, -0.2) is 4.79 Å². The molecule has 0 saturated carbocycles. The number of hydrogen-bond donors (Lipinski definition) is 1. The topological polar surface area (TPSA) is 79.0 Å². The summed E-state index contributed by atoms with van der Waals surface area (Å²) in [6.45, 7) is 4.90. The summed E-state index contributed by atoms with van der Waals surface area (Å²) in [5, 5.41) is 2.86. The number of esters is 1. The van der Waals surface area contributed by atoms with Crippen molar-refractivity contribution in [1.29, 1.82) is 0 Å². The first-order valence-corrected chi connectivity index (χ1v) is 10.7. The van der Waals surface area contributed by atoms with Crippen LogP contribution in [0.25, 0.3) is 0 Å². The van der Waals surface area contributed by atoms with Gasteiger partial charge in [0.1, 0.15) is 0 Å². The molecule has 1 heterocycles. The number of benzene rings is 2. The summed E-state index contributed by atoms with van der Waals surface area (Å²) in [6.07, 6.45) is 0.156. The SMILES string of the molecule is CCN(C(=O)C(C)OC(=O)C1CCN(C(=O)Nc2ccccc2)CC1)c1ccccc1. The number of para-hydroxylation sites is 2. The molecule has 0 spiro atoms. The average molecular weight is 424 g/mol. The third-order valence-corrected chi connectivity index (χ3v) is 5.43. The molecule has 7 nitrogen and oxygen atoms in total. The number of likely N-dealkylation sites (N-methyl/N-ethyl adjacent to an activating group) is 1. The van der Waals surface area contributed by atoms with Crippen LogP contribution in [-0.2, 0) is 14.3 Å². The van der Waals surface area contributed by atoms with E-state index >= 15 is 0 Å². The lowest BCUT2D eigenvalue weighted by Gasteiger charge is -2.32. The number of nitrogens with one attached hydrogen (secondary N) is 1. The maximum atomic E-state index is 12.8. The van der Waals surface area contributed by atoms with Crippen molar-refractivity contribution >= 4 is 29.3 Å². The number of rotatable bonds is 6. The number of amides is 3. The fourth-order valence-corrected chi connectivity index (χ4v) is 3.66. The van der Waals surface area contributed by atoms with Gasteiger partial charge in [0.25, 0.3) is 5.91 Å². The lowest BCUT2D eigenvalue weighted by Crippen LogP contribution is -2.44. The standard InChI is InChI=1S/C24H29N3O4/c1-3-27(21-12-8-5-9-13-21)22(28)18(2)31-23(29)19-14-16-26(17-15-19)24(30)25-20-10-6-4-7-11-20/h4-13,18-19H,3,14-17H2,1-2H3,(H,25,30). The van der Waals surface area contributed by atoms with E-state index in [0.29, 0.717) is 32.5 Å². The first-order valence-electron chi connectivity index (χ1n) is 10.7. The predicted octanol–water partition coefficient (Wildman–Crippen LogP) is 3.92. The monoisotopic (exact) mass is 423 g/mol. The first kappa shape index (κ1) is 22.3. The van der Waals surface area contributed by atoms with E-state index in [1.165, 1.54) is 0 Å². The molecular formula is C24H29N3O4. The Hall–Kier alpha value is -3.35. The van der Waals surface area contributed by atoms with Gasteiger partial charge in [0, 0.05) is 31.0 Å². The molecule has 7 heteroatoms. The summed E-state index contributed by atoms with van der Waals surface area (Å²) < 4.78 is 5.50. The van der Waals surface area contributed by atoms with Crippen LogP contribution in [0.5, 0.6) is 0 Å². The van der Waals surface area contributed by atoms with Crippen molar-refractivity contribution in [3.8, 4) is 0 Å². The van der Waals surface area contributed by atoms with Gasteiger partial charge in [0.05, 0.1) is 5.92 Å². The molecule has 1 N–H and O–H groups in total. The minimum Gasteiger partial charge on any atom is -0.452 e. The minimum absolute atomic E-state index is 0.178. The summed E-state index contributed by atoms with van der Waals surface area (Å²) in [7, 11) is 0. The van der Waals surface area contributed by atoms with Crippen molar-refractivity contribution in [2.75, 3.05) is 29.9 Å². The Bertz CT molecular complexity index is 880. The minimum atomic E-state index is -0.868. The highest BCUT2D eigenvalue weighted by molar-refractivity contribution is 5.97. The van der Waals surface area contributed by atoms with Crippen molar-refractivity contribution in [3.05, 3.63) is 60.7 Å². The number of anilines is 2. The van der Waals surface area contributed by atoms with E-state index in [1.807, 2.05) is 67.6 Å². The van der Waals surface area contributed by atoms with Crippen LogP contribution >= 0.6 is 0 Å². The average Bonchev–Trinajstić information content (AvgIpc) is 2.81. The molecule has 1 unspecified atom stereocenters. The first-order chi connectivity index (χ1) is 15.0. The molecule has 3 amide bonds. The van der Waals surface area contributed by atoms with E-state index < -0.39 is 6.10 Å². The van der Waals surface area contributed by atoms with Gasteiger partial charge in [0.15, 0.2) is 6.10 Å². The normalized spacial score (nSPS) is 15.1. The van der Waals surface area contributed by atoms with Crippen molar-refractivity contribution < 1.29 is 19.1 Å². The number of nitrogens with zero attached hydrogens (tertiary/aromatic N) is 2. The fraction of sp³-hybridized carbons (Fsp3) is 0.375. The summed E-state index contributed by atoms with van der Waals surface area (Å²) in [4.78, 5) is 41.1. The molecule has 0 radical (unpaired) electrons. The van der Waals surface area contributed by atoms with Gasteiger partial charge >= 0.3 is 12.0 Å². The number of piperidine rings is 1.